The van der Waals surface area contributed by atoms with Crippen LogP contribution >= 0.6 is 0 Å². The number of nitrogens with zero attached hydrogens (tertiary/aromatic N) is 1. The van der Waals surface area contributed by atoms with Gasteiger partial charge in [0.15, 0.2) is 0 Å². The van der Waals surface area contributed by atoms with Gasteiger partial charge in [-0.1, -0.05) is 38.1 Å². The molecule has 0 radical (unpaired) electrons. The van der Waals surface area contributed by atoms with Gasteiger partial charge in [-0.25, -0.2) is 0 Å². The summed E-state index contributed by atoms with van der Waals surface area (Å²) in [5.74, 6) is 0. The zero-order valence-corrected chi connectivity index (χ0v) is 9.77. The SMILES string of the molecule is CC(C)(CO)Cc1ccc2ccccc2n1. The van der Waals surface area contributed by atoms with E-state index in [4.69, 9.17) is 0 Å². The Labute approximate surface area is 96.0 Å². The lowest BCUT2D eigenvalue weighted by Crippen LogP contribution is -2.20. The maximum absolute atomic E-state index is 9.24. The molecule has 0 bridgehead atoms. The molecule has 2 rings (SSSR count). The van der Waals surface area contributed by atoms with E-state index in [9.17, 15) is 5.11 Å². The van der Waals surface area contributed by atoms with E-state index >= 15 is 0 Å². The summed E-state index contributed by atoms with van der Waals surface area (Å²) in [6.07, 6.45) is 0.800. The van der Waals surface area contributed by atoms with Crippen molar-refractivity contribution in [3.05, 3.63) is 42.1 Å². The summed E-state index contributed by atoms with van der Waals surface area (Å²) >= 11 is 0. The average molecular weight is 215 g/mol. The van der Waals surface area contributed by atoms with Crippen molar-refractivity contribution in [2.75, 3.05) is 6.61 Å². The third-order valence-electron chi connectivity index (χ3n) is 2.74. The van der Waals surface area contributed by atoms with Crippen LogP contribution in [0, 0.1) is 5.41 Å². The van der Waals surface area contributed by atoms with E-state index in [0.29, 0.717) is 0 Å². The number of pyridine rings is 1. The number of benzene rings is 1. The lowest BCUT2D eigenvalue weighted by atomic mass is 9.88. The third-order valence-corrected chi connectivity index (χ3v) is 2.74. The van der Waals surface area contributed by atoms with Gasteiger partial charge in [-0.3, -0.25) is 4.98 Å². The number of para-hydroxylation sites is 1. The first-order chi connectivity index (χ1) is 7.61. The molecular weight excluding hydrogens is 198 g/mol. The van der Waals surface area contributed by atoms with Gasteiger partial charge >= 0.3 is 0 Å². The largest absolute Gasteiger partial charge is 0.396 e. The predicted molar refractivity (Wildman–Crippen MR) is 66.3 cm³/mol. The molecule has 0 amide bonds. The molecular formula is C14H17NO. The fourth-order valence-corrected chi connectivity index (χ4v) is 1.75. The Hall–Kier alpha value is -1.41. The fourth-order valence-electron chi connectivity index (χ4n) is 1.75. The molecule has 1 heterocycles. The van der Waals surface area contributed by atoms with Crippen LogP contribution in [0.5, 0.6) is 0 Å². The first-order valence-electron chi connectivity index (χ1n) is 5.56. The van der Waals surface area contributed by atoms with Crippen LogP contribution in [0.3, 0.4) is 0 Å². The number of hydrogen-bond donors (Lipinski definition) is 1. The monoisotopic (exact) mass is 215 g/mol. The van der Waals surface area contributed by atoms with Gasteiger partial charge in [0.05, 0.1) is 5.52 Å². The highest BCUT2D eigenvalue weighted by Crippen LogP contribution is 2.21. The van der Waals surface area contributed by atoms with Crippen molar-refractivity contribution >= 4 is 10.9 Å². The lowest BCUT2D eigenvalue weighted by Gasteiger charge is -2.20. The zero-order valence-electron chi connectivity index (χ0n) is 9.77. The molecule has 0 aliphatic carbocycles. The van der Waals surface area contributed by atoms with Crippen molar-refractivity contribution in [2.45, 2.75) is 20.3 Å². The molecule has 2 aromatic rings. The Bertz CT molecular complexity index is 491. The molecule has 0 aliphatic heterocycles. The van der Waals surface area contributed by atoms with Gasteiger partial charge in [0.25, 0.3) is 0 Å². The molecule has 0 unspecified atom stereocenters. The summed E-state index contributed by atoms with van der Waals surface area (Å²) < 4.78 is 0. The highest BCUT2D eigenvalue weighted by Gasteiger charge is 2.17. The minimum atomic E-state index is -0.102. The quantitative estimate of drug-likeness (QED) is 0.854. The zero-order chi connectivity index (χ0) is 11.6. The van der Waals surface area contributed by atoms with Crippen molar-refractivity contribution in [1.29, 1.82) is 0 Å². The standard InChI is InChI=1S/C14H17NO/c1-14(2,10-16)9-12-8-7-11-5-3-4-6-13(11)15-12/h3-8,16H,9-10H2,1-2H3. The summed E-state index contributed by atoms with van der Waals surface area (Å²) in [7, 11) is 0. The summed E-state index contributed by atoms with van der Waals surface area (Å²) in [5, 5.41) is 10.4. The molecule has 2 nitrogen and oxygen atoms in total. The van der Waals surface area contributed by atoms with E-state index in [2.05, 4.69) is 17.1 Å². The van der Waals surface area contributed by atoms with Crippen LogP contribution < -0.4 is 0 Å². The molecule has 0 atom stereocenters. The van der Waals surface area contributed by atoms with E-state index in [1.165, 1.54) is 0 Å². The Morgan fingerprint density at radius 1 is 1.12 bits per heavy atom. The maximum Gasteiger partial charge on any atom is 0.0705 e. The summed E-state index contributed by atoms with van der Waals surface area (Å²) in [4.78, 5) is 4.60. The first-order valence-corrected chi connectivity index (χ1v) is 5.56. The van der Waals surface area contributed by atoms with Gasteiger partial charge in [0.1, 0.15) is 0 Å². The highest BCUT2D eigenvalue weighted by atomic mass is 16.3. The van der Waals surface area contributed by atoms with Gasteiger partial charge in [0.2, 0.25) is 0 Å². The van der Waals surface area contributed by atoms with Gasteiger partial charge in [0, 0.05) is 17.7 Å². The Morgan fingerprint density at radius 3 is 2.62 bits per heavy atom. The van der Waals surface area contributed by atoms with E-state index < -0.39 is 0 Å². The van der Waals surface area contributed by atoms with Crippen LogP contribution in [-0.2, 0) is 6.42 Å². The number of aliphatic hydroxyl groups is 1. The van der Waals surface area contributed by atoms with Crippen molar-refractivity contribution in [3.63, 3.8) is 0 Å². The second-order valence-corrected chi connectivity index (χ2v) is 4.99. The molecule has 0 fully saturated rings. The molecule has 0 aliphatic rings. The summed E-state index contributed by atoms with van der Waals surface area (Å²) in [6.45, 7) is 4.27. The molecule has 0 spiro atoms. The lowest BCUT2D eigenvalue weighted by molar-refractivity contribution is 0.159. The van der Waals surface area contributed by atoms with Gasteiger partial charge in [-0.05, 0) is 24.0 Å². The van der Waals surface area contributed by atoms with E-state index in [-0.39, 0.29) is 12.0 Å². The van der Waals surface area contributed by atoms with Gasteiger partial charge in [-0.15, -0.1) is 0 Å². The number of hydrogen-bond acceptors (Lipinski definition) is 2. The normalized spacial score (nSPS) is 11.9. The Balaban J connectivity index is 2.33. The van der Waals surface area contributed by atoms with Gasteiger partial charge in [-0.2, -0.15) is 0 Å². The minimum Gasteiger partial charge on any atom is -0.396 e. The molecule has 1 N–H and O–H groups in total. The second kappa shape index (κ2) is 4.22. The van der Waals surface area contributed by atoms with Crippen LogP contribution in [0.25, 0.3) is 10.9 Å². The molecule has 0 saturated carbocycles. The predicted octanol–water partition coefficient (Wildman–Crippen LogP) is 2.80. The number of aromatic nitrogens is 1. The second-order valence-electron chi connectivity index (χ2n) is 4.99. The average Bonchev–Trinajstić information content (AvgIpc) is 2.28. The van der Waals surface area contributed by atoms with Crippen LogP contribution in [0.15, 0.2) is 36.4 Å². The van der Waals surface area contributed by atoms with E-state index in [1.54, 1.807) is 0 Å². The van der Waals surface area contributed by atoms with Gasteiger partial charge < -0.3 is 5.11 Å². The van der Waals surface area contributed by atoms with Crippen molar-refractivity contribution in [2.24, 2.45) is 5.41 Å². The maximum atomic E-state index is 9.24. The number of aliphatic hydroxyl groups excluding tert-OH is 1. The number of fused-ring (bicyclic) bond motifs is 1. The minimum absolute atomic E-state index is 0.102. The summed E-state index contributed by atoms with van der Waals surface area (Å²) in [6, 6.07) is 12.2. The smallest absolute Gasteiger partial charge is 0.0705 e. The van der Waals surface area contributed by atoms with Crippen LogP contribution in [0.1, 0.15) is 19.5 Å². The first kappa shape index (κ1) is 11.1. The molecule has 1 aromatic carbocycles. The van der Waals surface area contributed by atoms with E-state index in [1.807, 2.05) is 38.1 Å². The van der Waals surface area contributed by atoms with Crippen LogP contribution in [0.2, 0.25) is 0 Å². The molecule has 1 aromatic heterocycles. The van der Waals surface area contributed by atoms with Crippen molar-refractivity contribution in [3.8, 4) is 0 Å². The van der Waals surface area contributed by atoms with Crippen molar-refractivity contribution in [1.82, 2.24) is 4.98 Å². The number of rotatable bonds is 3. The highest BCUT2D eigenvalue weighted by molar-refractivity contribution is 5.78. The van der Waals surface area contributed by atoms with Crippen LogP contribution in [-0.4, -0.2) is 16.7 Å². The molecule has 2 heteroatoms. The van der Waals surface area contributed by atoms with Crippen LogP contribution in [0.4, 0.5) is 0 Å². The fraction of sp³-hybridized carbons (Fsp3) is 0.357. The Morgan fingerprint density at radius 2 is 1.88 bits per heavy atom. The molecule has 84 valence electrons. The van der Waals surface area contributed by atoms with E-state index in [0.717, 1.165) is 23.0 Å². The Kier molecular flexibility index (Phi) is 2.92. The third kappa shape index (κ3) is 2.39. The van der Waals surface area contributed by atoms with Crippen molar-refractivity contribution < 1.29 is 5.11 Å². The molecule has 0 saturated heterocycles. The summed E-state index contributed by atoms with van der Waals surface area (Å²) in [5.41, 5.74) is 1.96. The molecule has 16 heavy (non-hydrogen) atoms. The topological polar surface area (TPSA) is 33.1 Å².